The molecule has 1 aliphatic carbocycles. The van der Waals surface area contributed by atoms with E-state index in [-0.39, 0.29) is 0 Å². The zero-order chi connectivity index (χ0) is 20.3. The summed E-state index contributed by atoms with van der Waals surface area (Å²) in [5.74, 6) is 3.09. The number of guanidine groups is 1. The number of aliphatic imine (C=N–C) groups is 1. The van der Waals surface area contributed by atoms with Gasteiger partial charge in [0.1, 0.15) is 5.75 Å². The Balaban J connectivity index is 1.47. The molecule has 1 aromatic carbocycles. The predicted molar refractivity (Wildman–Crippen MR) is 117 cm³/mol. The Morgan fingerprint density at radius 3 is 2.83 bits per heavy atom. The second kappa shape index (κ2) is 12.0. The Hall–Kier alpha value is -1.79. The van der Waals surface area contributed by atoms with Crippen LogP contribution in [0.2, 0.25) is 0 Å². The number of hydrogen-bond donors (Lipinski definition) is 2. The maximum atomic E-state index is 6.14. The molecular weight excluding hydrogens is 366 g/mol. The first-order valence-electron chi connectivity index (χ1n) is 11.1. The van der Waals surface area contributed by atoms with Gasteiger partial charge in [0.2, 0.25) is 0 Å². The van der Waals surface area contributed by atoms with Crippen molar-refractivity contribution in [1.29, 1.82) is 0 Å². The Bertz CT molecular complexity index is 640. The third-order valence-corrected chi connectivity index (χ3v) is 5.28. The van der Waals surface area contributed by atoms with Crippen LogP contribution in [0, 0.1) is 18.8 Å². The van der Waals surface area contributed by atoms with Gasteiger partial charge in [-0.2, -0.15) is 0 Å². The molecular formula is C23H37N3O3. The second-order valence-corrected chi connectivity index (χ2v) is 8.15. The first kappa shape index (κ1) is 21.9. The summed E-state index contributed by atoms with van der Waals surface area (Å²) < 4.78 is 17.3. The van der Waals surface area contributed by atoms with Gasteiger partial charge in [-0.3, -0.25) is 0 Å². The van der Waals surface area contributed by atoms with Gasteiger partial charge in [0.25, 0.3) is 0 Å². The van der Waals surface area contributed by atoms with Gasteiger partial charge in [0.15, 0.2) is 5.96 Å². The summed E-state index contributed by atoms with van der Waals surface area (Å²) in [6.07, 6.45) is 4.75. The number of rotatable bonds is 12. The standard InChI is InChI=1S/C23H37N3O3/c1-3-24-23(25-10-4-11-27-15-19-6-7-19)26-14-21-8-5-18(2)13-22(21)29-17-20-9-12-28-16-20/h5,8,13,19-20H,3-4,6-7,9-12,14-17H2,1-2H3,(H2,24,25,26). The Kier molecular flexibility index (Phi) is 9.09. The molecule has 29 heavy (non-hydrogen) atoms. The molecule has 2 N–H and O–H groups in total. The fourth-order valence-electron chi connectivity index (χ4n) is 3.27. The molecule has 6 heteroatoms. The lowest BCUT2D eigenvalue weighted by Crippen LogP contribution is -2.38. The summed E-state index contributed by atoms with van der Waals surface area (Å²) in [5, 5.41) is 6.72. The van der Waals surface area contributed by atoms with Gasteiger partial charge in [-0.15, -0.1) is 0 Å². The zero-order valence-corrected chi connectivity index (χ0v) is 18.0. The molecule has 1 heterocycles. The van der Waals surface area contributed by atoms with Gasteiger partial charge >= 0.3 is 0 Å². The van der Waals surface area contributed by atoms with Crippen molar-refractivity contribution in [3.8, 4) is 5.75 Å². The van der Waals surface area contributed by atoms with Crippen molar-refractivity contribution >= 4 is 5.96 Å². The molecule has 162 valence electrons. The van der Waals surface area contributed by atoms with E-state index < -0.39 is 0 Å². The van der Waals surface area contributed by atoms with E-state index in [1.165, 1.54) is 18.4 Å². The van der Waals surface area contributed by atoms with Gasteiger partial charge < -0.3 is 24.8 Å². The van der Waals surface area contributed by atoms with Crippen LogP contribution in [0.25, 0.3) is 0 Å². The minimum atomic E-state index is 0.494. The van der Waals surface area contributed by atoms with E-state index in [0.717, 1.165) is 75.5 Å². The van der Waals surface area contributed by atoms with E-state index in [0.29, 0.717) is 19.1 Å². The number of aryl methyl sites for hydroxylation is 1. The maximum absolute atomic E-state index is 6.14. The van der Waals surface area contributed by atoms with Crippen molar-refractivity contribution in [2.45, 2.75) is 46.1 Å². The lowest BCUT2D eigenvalue weighted by Gasteiger charge is -2.15. The minimum Gasteiger partial charge on any atom is -0.493 e. The topological polar surface area (TPSA) is 64.1 Å². The molecule has 0 amide bonds. The maximum Gasteiger partial charge on any atom is 0.191 e. The summed E-state index contributed by atoms with van der Waals surface area (Å²) in [7, 11) is 0. The van der Waals surface area contributed by atoms with E-state index in [1.807, 2.05) is 0 Å². The Labute approximate surface area is 175 Å². The summed E-state index contributed by atoms with van der Waals surface area (Å²) in [6.45, 7) is 10.6. The molecule has 6 nitrogen and oxygen atoms in total. The van der Waals surface area contributed by atoms with Crippen LogP contribution in [0.3, 0.4) is 0 Å². The number of benzene rings is 1. The van der Waals surface area contributed by atoms with Gasteiger partial charge in [0.05, 0.1) is 19.8 Å². The third-order valence-electron chi connectivity index (χ3n) is 5.28. The summed E-state index contributed by atoms with van der Waals surface area (Å²) >= 11 is 0. The predicted octanol–water partition coefficient (Wildman–Crippen LogP) is 3.28. The normalized spacial score (nSPS) is 19.4. The summed E-state index contributed by atoms with van der Waals surface area (Å²) in [4.78, 5) is 4.76. The summed E-state index contributed by atoms with van der Waals surface area (Å²) in [5.41, 5.74) is 2.31. The quantitative estimate of drug-likeness (QED) is 0.319. The van der Waals surface area contributed by atoms with Crippen LogP contribution in [0.4, 0.5) is 0 Å². The van der Waals surface area contributed by atoms with Crippen molar-refractivity contribution in [3.63, 3.8) is 0 Å². The lowest BCUT2D eigenvalue weighted by molar-refractivity contribution is 0.123. The van der Waals surface area contributed by atoms with Crippen molar-refractivity contribution in [3.05, 3.63) is 29.3 Å². The zero-order valence-electron chi connectivity index (χ0n) is 18.0. The van der Waals surface area contributed by atoms with E-state index in [9.17, 15) is 0 Å². The van der Waals surface area contributed by atoms with Crippen LogP contribution >= 0.6 is 0 Å². The average molecular weight is 404 g/mol. The molecule has 1 saturated heterocycles. The average Bonchev–Trinajstić information content (AvgIpc) is 3.40. The molecule has 2 fully saturated rings. The SMILES string of the molecule is CCNC(=NCc1ccc(C)cc1OCC1CCOC1)NCCCOCC1CC1. The number of nitrogens with one attached hydrogen (secondary N) is 2. The molecule has 1 aromatic rings. The van der Waals surface area contributed by atoms with E-state index in [4.69, 9.17) is 19.2 Å². The third kappa shape index (κ3) is 8.23. The smallest absolute Gasteiger partial charge is 0.191 e. The van der Waals surface area contributed by atoms with Crippen LogP contribution in [0.5, 0.6) is 5.75 Å². The van der Waals surface area contributed by atoms with Gasteiger partial charge in [-0.1, -0.05) is 12.1 Å². The van der Waals surface area contributed by atoms with Crippen LogP contribution in [-0.4, -0.2) is 52.1 Å². The van der Waals surface area contributed by atoms with Crippen molar-refractivity contribution < 1.29 is 14.2 Å². The van der Waals surface area contributed by atoms with Crippen LogP contribution in [0.1, 0.15) is 43.7 Å². The summed E-state index contributed by atoms with van der Waals surface area (Å²) in [6, 6.07) is 6.35. The first-order valence-corrected chi connectivity index (χ1v) is 11.1. The molecule has 1 unspecified atom stereocenters. The van der Waals surface area contributed by atoms with Crippen molar-refractivity contribution in [1.82, 2.24) is 10.6 Å². The monoisotopic (exact) mass is 403 g/mol. The van der Waals surface area contributed by atoms with E-state index in [2.05, 4.69) is 42.7 Å². The molecule has 0 spiro atoms. The lowest BCUT2D eigenvalue weighted by atomic mass is 10.1. The molecule has 0 bridgehead atoms. The highest BCUT2D eigenvalue weighted by atomic mass is 16.5. The number of hydrogen-bond acceptors (Lipinski definition) is 4. The second-order valence-electron chi connectivity index (χ2n) is 8.15. The van der Waals surface area contributed by atoms with Crippen molar-refractivity contribution in [2.75, 3.05) is 46.1 Å². The molecule has 1 atom stereocenters. The fraction of sp³-hybridized carbons (Fsp3) is 0.696. The highest BCUT2D eigenvalue weighted by molar-refractivity contribution is 5.79. The fourth-order valence-corrected chi connectivity index (χ4v) is 3.27. The van der Waals surface area contributed by atoms with E-state index in [1.54, 1.807) is 0 Å². The van der Waals surface area contributed by atoms with Crippen LogP contribution < -0.4 is 15.4 Å². The Morgan fingerprint density at radius 2 is 2.07 bits per heavy atom. The molecule has 1 saturated carbocycles. The number of ether oxygens (including phenoxy) is 3. The molecule has 0 radical (unpaired) electrons. The highest BCUT2D eigenvalue weighted by Crippen LogP contribution is 2.28. The van der Waals surface area contributed by atoms with Gasteiger partial charge in [-0.05, 0) is 57.1 Å². The molecule has 1 aliphatic heterocycles. The van der Waals surface area contributed by atoms with E-state index >= 15 is 0 Å². The van der Waals surface area contributed by atoms with Gasteiger partial charge in [0, 0.05) is 44.4 Å². The molecule has 0 aromatic heterocycles. The molecule has 3 rings (SSSR count). The van der Waals surface area contributed by atoms with Gasteiger partial charge in [-0.25, -0.2) is 4.99 Å². The highest BCUT2D eigenvalue weighted by Gasteiger charge is 2.20. The first-order chi connectivity index (χ1) is 14.2. The van der Waals surface area contributed by atoms with Crippen LogP contribution in [0.15, 0.2) is 23.2 Å². The number of nitrogens with zero attached hydrogens (tertiary/aromatic N) is 1. The Morgan fingerprint density at radius 1 is 1.17 bits per heavy atom. The van der Waals surface area contributed by atoms with Crippen molar-refractivity contribution in [2.24, 2.45) is 16.8 Å². The molecule has 2 aliphatic rings. The largest absolute Gasteiger partial charge is 0.493 e. The minimum absolute atomic E-state index is 0.494. The van der Waals surface area contributed by atoms with Crippen LogP contribution in [-0.2, 0) is 16.0 Å².